The molecular weight excluding hydrogens is 399 g/mol. The first kappa shape index (κ1) is 18.6. The highest BCUT2D eigenvalue weighted by atomic mass is 35.5. The van der Waals surface area contributed by atoms with Gasteiger partial charge in [-0.3, -0.25) is 5.01 Å². The van der Waals surface area contributed by atoms with Crippen LogP contribution in [0.5, 0.6) is 0 Å². The first-order valence-corrected chi connectivity index (χ1v) is 10.0. The molecule has 5 rings (SSSR count). The van der Waals surface area contributed by atoms with Crippen LogP contribution in [-0.4, -0.2) is 15.5 Å². The highest BCUT2D eigenvalue weighted by Crippen LogP contribution is 2.36. The van der Waals surface area contributed by atoms with Crippen molar-refractivity contribution in [3.05, 3.63) is 113 Å². The molecule has 30 heavy (non-hydrogen) atoms. The number of benzene rings is 3. The lowest BCUT2D eigenvalue weighted by molar-refractivity contribution is 0.626. The molecule has 6 heteroatoms. The van der Waals surface area contributed by atoms with Gasteiger partial charge in [0.2, 0.25) is 0 Å². The van der Waals surface area contributed by atoms with Crippen molar-refractivity contribution in [1.29, 1.82) is 0 Å². The van der Waals surface area contributed by atoms with Gasteiger partial charge in [0, 0.05) is 23.2 Å². The Morgan fingerprint density at radius 1 is 0.867 bits per heavy atom. The molecule has 4 aromatic rings. The van der Waals surface area contributed by atoms with Crippen molar-refractivity contribution < 1.29 is 4.39 Å². The Balaban J connectivity index is 1.51. The number of hydrogen-bond donors (Lipinski definition) is 0. The molecule has 0 bridgehead atoms. The minimum absolute atomic E-state index is 0.0354. The number of rotatable bonds is 4. The van der Waals surface area contributed by atoms with Crippen LogP contribution in [0.25, 0.3) is 5.69 Å². The maximum absolute atomic E-state index is 13.5. The Hall–Kier alpha value is -3.44. The maximum atomic E-state index is 13.5. The van der Waals surface area contributed by atoms with Crippen molar-refractivity contribution in [3.8, 4) is 5.69 Å². The van der Waals surface area contributed by atoms with Gasteiger partial charge in [0.05, 0.1) is 29.3 Å². The molecule has 1 aliphatic heterocycles. The summed E-state index contributed by atoms with van der Waals surface area (Å²) in [5.41, 5.74) is 4.87. The first-order valence-electron chi connectivity index (χ1n) is 9.65. The zero-order valence-electron chi connectivity index (χ0n) is 16.0. The van der Waals surface area contributed by atoms with Crippen molar-refractivity contribution in [3.63, 3.8) is 0 Å². The van der Waals surface area contributed by atoms with Gasteiger partial charge in [-0.25, -0.2) is 9.07 Å². The van der Waals surface area contributed by atoms with Gasteiger partial charge in [0.1, 0.15) is 5.82 Å². The standard InChI is InChI=1S/C24H18ClFN4/c25-19-6-10-21(11-7-19)29-16-18(15-27-29)24-14-23(17-4-2-1-3-5-17)28-30(24)22-12-8-20(26)9-13-22/h1-13,15-16,24H,14H2. The van der Waals surface area contributed by atoms with Crippen LogP contribution in [0.15, 0.2) is 96.4 Å². The van der Waals surface area contributed by atoms with E-state index in [1.165, 1.54) is 12.1 Å². The van der Waals surface area contributed by atoms with E-state index in [4.69, 9.17) is 16.7 Å². The average Bonchev–Trinajstić information content (AvgIpc) is 3.43. The summed E-state index contributed by atoms with van der Waals surface area (Å²) < 4.78 is 15.3. The third kappa shape index (κ3) is 3.60. The summed E-state index contributed by atoms with van der Waals surface area (Å²) in [6.07, 6.45) is 4.60. The number of hydrogen-bond acceptors (Lipinski definition) is 3. The van der Waals surface area contributed by atoms with Gasteiger partial charge >= 0.3 is 0 Å². The molecule has 0 radical (unpaired) electrons. The van der Waals surface area contributed by atoms with Gasteiger partial charge < -0.3 is 0 Å². The lowest BCUT2D eigenvalue weighted by Gasteiger charge is -2.22. The van der Waals surface area contributed by atoms with E-state index in [0.29, 0.717) is 5.02 Å². The summed E-state index contributed by atoms with van der Waals surface area (Å²) >= 11 is 6.00. The van der Waals surface area contributed by atoms with Crippen molar-refractivity contribution in [2.45, 2.75) is 12.5 Å². The molecule has 148 valence electrons. The van der Waals surface area contributed by atoms with Crippen LogP contribution in [0.2, 0.25) is 5.02 Å². The molecular formula is C24H18ClFN4. The van der Waals surface area contributed by atoms with Crippen LogP contribution in [0.4, 0.5) is 10.1 Å². The fourth-order valence-corrected chi connectivity index (χ4v) is 3.78. The predicted molar refractivity (Wildman–Crippen MR) is 118 cm³/mol. The van der Waals surface area contributed by atoms with Gasteiger partial charge in [-0.1, -0.05) is 41.9 Å². The quantitative estimate of drug-likeness (QED) is 0.407. The summed E-state index contributed by atoms with van der Waals surface area (Å²) in [6, 6.07) is 24.0. The minimum atomic E-state index is -0.266. The van der Waals surface area contributed by atoms with Crippen LogP contribution < -0.4 is 5.01 Å². The van der Waals surface area contributed by atoms with E-state index < -0.39 is 0 Å². The van der Waals surface area contributed by atoms with Crippen LogP contribution in [0, 0.1) is 5.82 Å². The Labute approximate surface area is 178 Å². The van der Waals surface area contributed by atoms with Gasteiger partial charge in [-0.2, -0.15) is 10.2 Å². The van der Waals surface area contributed by atoms with E-state index in [-0.39, 0.29) is 11.9 Å². The fraction of sp³-hybridized carbons (Fsp3) is 0.0833. The smallest absolute Gasteiger partial charge is 0.123 e. The molecule has 0 spiro atoms. The summed E-state index contributed by atoms with van der Waals surface area (Å²) in [7, 11) is 0. The summed E-state index contributed by atoms with van der Waals surface area (Å²) in [5.74, 6) is -0.266. The summed E-state index contributed by atoms with van der Waals surface area (Å²) in [4.78, 5) is 0. The molecule has 3 aromatic carbocycles. The molecule has 1 aromatic heterocycles. The fourth-order valence-electron chi connectivity index (χ4n) is 3.65. The molecule has 1 unspecified atom stereocenters. The molecule has 0 aliphatic carbocycles. The topological polar surface area (TPSA) is 33.4 Å². The minimum Gasteiger partial charge on any atom is -0.257 e. The monoisotopic (exact) mass is 416 g/mol. The SMILES string of the molecule is Fc1ccc(N2N=C(c3ccccc3)CC2c2cnn(-c3ccc(Cl)cc3)c2)cc1. The Bertz CT molecular complexity index is 1180. The van der Waals surface area contributed by atoms with Gasteiger partial charge in [0.15, 0.2) is 0 Å². The van der Waals surface area contributed by atoms with Crippen molar-refractivity contribution >= 4 is 23.0 Å². The third-order valence-corrected chi connectivity index (χ3v) is 5.44. The number of anilines is 1. The highest BCUT2D eigenvalue weighted by Gasteiger charge is 2.31. The molecule has 0 fully saturated rings. The first-order chi connectivity index (χ1) is 14.7. The van der Waals surface area contributed by atoms with E-state index >= 15 is 0 Å². The zero-order valence-corrected chi connectivity index (χ0v) is 16.7. The van der Waals surface area contributed by atoms with E-state index in [0.717, 1.165) is 34.6 Å². The highest BCUT2D eigenvalue weighted by molar-refractivity contribution is 6.30. The molecule has 1 atom stereocenters. The largest absolute Gasteiger partial charge is 0.257 e. The van der Waals surface area contributed by atoms with E-state index in [1.807, 2.05) is 64.5 Å². The van der Waals surface area contributed by atoms with E-state index in [2.05, 4.69) is 17.2 Å². The zero-order chi connectivity index (χ0) is 20.5. The summed E-state index contributed by atoms with van der Waals surface area (Å²) in [6.45, 7) is 0. The van der Waals surface area contributed by atoms with E-state index in [9.17, 15) is 4.39 Å². The molecule has 1 aliphatic rings. The van der Waals surface area contributed by atoms with E-state index in [1.54, 1.807) is 12.1 Å². The molecule has 0 saturated carbocycles. The Morgan fingerprint density at radius 3 is 2.30 bits per heavy atom. The molecule has 0 N–H and O–H groups in total. The average molecular weight is 417 g/mol. The second-order valence-electron chi connectivity index (χ2n) is 7.15. The van der Waals surface area contributed by atoms with Crippen LogP contribution in [0.1, 0.15) is 23.6 Å². The van der Waals surface area contributed by atoms with Crippen LogP contribution in [-0.2, 0) is 0 Å². The predicted octanol–water partition coefficient (Wildman–Crippen LogP) is 6.02. The number of hydrazone groups is 1. The normalized spacial score (nSPS) is 16.0. The molecule has 0 saturated heterocycles. The van der Waals surface area contributed by atoms with Crippen LogP contribution >= 0.6 is 11.6 Å². The van der Waals surface area contributed by atoms with Crippen molar-refractivity contribution in [2.24, 2.45) is 5.10 Å². The molecule has 0 amide bonds. The van der Waals surface area contributed by atoms with Crippen LogP contribution in [0.3, 0.4) is 0 Å². The molecule has 2 heterocycles. The lowest BCUT2D eigenvalue weighted by Crippen LogP contribution is -2.18. The molecule has 4 nitrogen and oxygen atoms in total. The van der Waals surface area contributed by atoms with Gasteiger partial charge in [-0.05, 0) is 54.1 Å². The van der Waals surface area contributed by atoms with Gasteiger partial charge in [-0.15, -0.1) is 0 Å². The maximum Gasteiger partial charge on any atom is 0.123 e. The van der Waals surface area contributed by atoms with Gasteiger partial charge in [0.25, 0.3) is 0 Å². The number of aromatic nitrogens is 2. The summed E-state index contributed by atoms with van der Waals surface area (Å²) in [5, 5.41) is 12.1. The number of nitrogens with zero attached hydrogens (tertiary/aromatic N) is 4. The Kier molecular flexibility index (Phi) is 4.81. The lowest BCUT2D eigenvalue weighted by atomic mass is 10.0. The third-order valence-electron chi connectivity index (χ3n) is 5.19. The van der Waals surface area contributed by atoms with Crippen molar-refractivity contribution in [1.82, 2.24) is 9.78 Å². The number of halogens is 2. The second-order valence-corrected chi connectivity index (χ2v) is 7.58. The Morgan fingerprint density at radius 2 is 1.57 bits per heavy atom. The second kappa shape index (κ2) is 7.76. The van der Waals surface area contributed by atoms with Crippen molar-refractivity contribution in [2.75, 3.05) is 5.01 Å².